The summed E-state index contributed by atoms with van der Waals surface area (Å²) >= 11 is 3.38. The fourth-order valence-electron chi connectivity index (χ4n) is 3.12. The molecule has 25 heavy (non-hydrogen) atoms. The molecule has 2 fully saturated rings. The molecule has 1 aromatic heterocycles. The number of amides is 3. The van der Waals surface area contributed by atoms with E-state index in [4.69, 9.17) is 4.74 Å². The van der Waals surface area contributed by atoms with Gasteiger partial charge in [-0.25, -0.2) is 9.78 Å². The number of nitrogens with zero attached hydrogens (tertiary/aromatic N) is 3. The summed E-state index contributed by atoms with van der Waals surface area (Å²) in [6.07, 6.45) is 4.31. The Hall–Kier alpha value is -1.67. The molecule has 8 heteroatoms. The molecule has 136 valence electrons. The Labute approximate surface area is 155 Å². The smallest absolute Gasteiger partial charge is 0.326 e. The van der Waals surface area contributed by atoms with Gasteiger partial charge in [-0.15, -0.1) is 0 Å². The van der Waals surface area contributed by atoms with Gasteiger partial charge in [0.25, 0.3) is 0 Å². The molecule has 0 aliphatic carbocycles. The van der Waals surface area contributed by atoms with Crippen LogP contribution in [-0.2, 0) is 9.53 Å². The third kappa shape index (κ3) is 4.92. The van der Waals surface area contributed by atoms with Crippen LogP contribution in [0.2, 0.25) is 0 Å². The summed E-state index contributed by atoms with van der Waals surface area (Å²) in [7, 11) is 0. The Morgan fingerprint density at radius 3 is 2.92 bits per heavy atom. The molecule has 1 aromatic rings. The molecule has 3 heterocycles. The minimum atomic E-state index is -0.154. The highest BCUT2D eigenvalue weighted by Gasteiger charge is 2.29. The molecule has 0 saturated carbocycles. The van der Waals surface area contributed by atoms with Crippen LogP contribution in [0.5, 0.6) is 0 Å². The Balaban J connectivity index is 1.79. The number of hydrogen-bond acceptors (Lipinski definition) is 4. The van der Waals surface area contributed by atoms with Crippen LogP contribution >= 0.6 is 15.9 Å². The maximum atomic E-state index is 13.1. The van der Waals surface area contributed by atoms with E-state index in [1.165, 1.54) is 0 Å². The summed E-state index contributed by atoms with van der Waals surface area (Å²) in [6, 6.07) is 3.55. The van der Waals surface area contributed by atoms with Crippen LogP contribution in [0, 0.1) is 5.92 Å². The van der Waals surface area contributed by atoms with Crippen LogP contribution < -0.4 is 10.2 Å². The largest absolute Gasteiger partial charge is 0.381 e. The first kappa shape index (κ1) is 18.1. The van der Waals surface area contributed by atoms with Gasteiger partial charge in [-0.05, 0) is 53.2 Å². The molecule has 3 amide bonds. The second kappa shape index (κ2) is 8.62. The minimum Gasteiger partial charge on any atom is -0.381 e. The number of pyridine rings is 1. The average molecular weight is 411 g/mol. The maximum Gasteiger partial charge on any atom is 0.326 e. The fourth-order valence-corrected chi connectivity index (χ4v) is 3.36. The van der Waals surface area contributed by atoms with E-state index in [0.717, 1.165) is 36.9 Å². The van der Waals surface area contributed by atoms with Crippen molar-refractivity contribution in [2.45, 2.75) is 19.3 Å². The summed E-state index contributed by atoms with van der Waals surface area (Å²) in [4.78, 5) is 32.7. The number of aromatic nitrogens is 1. The number of anilines is 1. The molecule has 2 aliphatic rings. The molecular weight excluding hydrogens is 388 g/mol. The number of rotatable bonds is 3. The summed E-state index contributed by atoms with van der Waals surface area (Å²) in [5, 5.41) is 2.81. The van der Waals surface area contributed by atoms with Crippen molar-refractivity contribution in [1.29, 1.82) is 0 Å². The minimum absolute atomic E-state index is 0.0969. The Morgan fingerprint density at radius 2 is 2.20 bits per heavy atom. The highest BCUT2D eigenvalue weighted by atomic mass is 79.9. The third-order valence-corrected chi connectivity index (χ3v) is 5.00. The van der Waals surface area contributed by atoms with Gasteiger partial charge in [-0.2, -0.15) is 0 Å². The van der Waals surface area contributed by atoms with E-state index in [1.807, 2.05) is 12.1 Å². The molecule has 1 N–H and O–H groups in total. The first-order chi connectivity index (χ1) is 12.1. The van der Waals surface area contributed by atoms with E-state index < -0.39 is 0 Å². The lowest BCUT2D eigenvalue weighted by atomic mass is 10.00. The maximum absolute atomic E-state index is 13.1. The van der Waals surface area contributed by atoms with Crippen molar-refractivity contribution >= 4 is 33.7 Å². The van der Waals surface area contributed by atoms with E-state index in [0.29, 0.717) is 31.4 Å². The van der Waals surface area contributed by atoms with E-state index in [-0.39, 0.29) is 18.5 Å². The Morgan fingerprint density at radius 1 is 1.40 bits per heavy atom. The lowest BCUT2D eigenvalue weighted by molar-refractivity contribution is -0.121. The predicted octanol–water partition coefficient (Wildman–Crippen LogP) is 2.02. The van der Waals surface area contributed by atoms with E-state index >= 15 is 0 Å². The van der Waals surface area contributed by atoms with E-state index in [1.54, 1.807) is 16.0 Å². The van der Waals surface area contributed by atoms with Crippen molar-refractivity contribution in [1.82, 2.24) is 15.2 Å². The van der Waals surface area contributed by atoms with Crippen LogP contribution in [0.15, 0.2) is 22.8 Å². The van der Waals surface area contributed by atoms with Crippen molar-refractivity contribution < 1.29 is 14.3 Å². The summed E-state index contributed by atoms with van der Waals surface area (Å²) in [5.74, 6) is 0.883. The number of urea groups is 1. The zero-order chi connectivity index (χ0) is 17.6. The average Bonchev–Trinajstić information content (AvgIpc) is 2.85. The van der Waals surface area contributed by atoms with Crippen molar-refractivity contribution in [3.63, 3.8) is 0 Å². The number of halogens is 1. The van der Waals surface area contributed by atoms with Crippen molar-refractivity contribution in [2.24, 2.45) is 5.92 Å². The topological polar surface area (TPSA) is 74.8 Å². The molecule has 0 radical (unpaired) electrons. The molecule has 0 atom stereocenters. The second-order valence-electron chi connectivity index (χ2n) is 6.41. The molecule has 0 bridgehead atoms. The zero-order valence-electron chi connectivity index (χ0n) is 14.1. The lowest BCUT2D eigenvalue weighted by Crippen LogP contribution is -2.48. The van der Waals surface area contributed by atoms with Gasteiger partial charge in [0.2, 0.25) is 5.91 Å². The first-order valence-electron chi connectivity index (χ1n) is 8.66. The van der Waals surface area contributed by atoms with Gasteiger partial charge < -0.3 is 15.0 Å². The number of hydrogen-bond donors (Lipinski definition) is 1. The molecular formula is C17H23BrN4O3. The van der Waals surface area contributed by atoms with E-state index in [9.17, 15) is 9.59 Å². The predicted molar refractivity (Wildman–Crippen MR) is 97.4 cm³/mol. The number of carbonyl (C=O) groups is 2. The molecule has 3 rings (SSSR count). The molecule has 0 unspecified atom stereocenters. The monoisotopic (exact) mass is 410 g/mol. The fraction of sp³-hybridized carbons (Fsp3) is 0.588. The van der Waals surface area contributed by atoms with Gasteiger partial charge >= 0.3 is 6.03 Å². The van der Waals surface area contributed by atoms with Crippen LogP contribution in [0.1, 0.15) is 19.3 Å². The number of carbonyl (C=O) groups excluding carboxylic acids is 2. The Kier molecular flexibility index (Phi) is 6.25. The van der Waals surface area contributed by atoms with E-state index in [2.05, 4.69) is 26.2 Å². The van der Waals surface area contributed by atoms with Gasteiger partial charge in [-0.1, -0.05) is 0 Å². The SMILES string of the molecule is O=C1CN(C(=O)N(CC2CCOCC2)c2ccc(Br)cn2)CCCN1. The first-order valence-corrected chi connectivity index (χ1v) is 9.45. The highest BCUT2D eigenvalue weighted by molar-refractivity contribution is 9.10. The summed E-state index contributed by atoms with van der Waals surface area (Å²) in [6.45, 7) is 3.32. The number of ether oxygens (including phenoxy) is 1. The molecule has 2 saturated heterocycles. The summed E-state index contributed by atoms with van der Waals surface area (Å²) < 4.78 is 6.29. The van der Waals surface area contributed by atoms with Gasteiger partial charge in [0.05, 0.1) is 0 Å². The molecule has 7 nitrogen and oxygen atoms in total. The standard InChI is InChI=1S/C17H23BrN4O3/c18-14-2-3-15(20-10-14)22(11-13-4-8-25-9-5-13)17(24)21-7-1-6-19-16(23)12-21/h2-3,10,13H,1,4-9,11-12H2,(H,19,23). The van der Waals surface area contributed by atoms with Crippen LogP contribution in [-0.4, -0.2) is 61.2 Å². The van der Waals surface area contributed by atoms with Crippen LogP contribution in [0.4, 0.5) is 10.6 Å². The van der Waals surface area contributed by atoms with Crippen LogP contribution in [0.25, 0.3) is 0 Å². The van der Waals surface area contributed by atoms with Crippen molar-refractivity contribution in [3.05, 3.63) is 22.8 Å². The van der Waals surface area contributed by atoms with Gasteiger partial charge in [-0.3, -0.25) is 9.69 Å². The molecule has 0 spiro atoms. The van der Waals surface area contributed by atoms with Gasteiger partial charge in [0.1, 0.15) is 12.4 Å². The number of nitrogens with one attached hydrogen (secondary N) is 1. The quantitative estimate of drug-likeness (QED) is 0.826. The van der Waals surface area contributed by atoms with Crippen molar-refractivity contribution in [2.75, 3.05) is 44.3 Å². The lowest BCUT2D eigenvalue weighted by Gasteiger charge is -2.32. The van der Waals surface area contributed by atoms with Crippen LogP contribution in [0.3, 0.4) is 0 Å². The van der Waals surface area contributed by atoms with Gasteiger partial charge in [0.15, 0.2) is 0 Å². The zero-order valence-corrected chi connectivity index (χ0v) is 15.7. The normalized spacial score (nSPS) is 19.2. The second-order valence-corrected chi connectivity index (χ2v) is 7.32. The molecule has 2 aliphatic heterocycles. The Bertz CT molecular complexity index is 604. The third-order valence-electron chi connectivity index (χ3n) is 4.53. The van der Waals surface area contributed by atoms with Gasteiger partial charge in [0, 0.05) is 43.5 Å². The summed E-state index contributed by atoms with van der Waals surface area (Å²) in [5.41, 5.74) is 0. The highest BCUT2D eigenvalue weighted by Crippen LogP contribution is 2.22. The van der Waals surface area contributed by atoms with Crippen molar-refractivity contribution in [3.8, 4) is 0 Å². The molecule has 0 aromatic carbocycles.